The molecular weight excluding hydrogens is 176 g/mol. The van der Waals surface area contributed by atoms with Crippen molar-refractivity contribution >= 4 is 0 Å². The highest BCUT2D eigenvalue weighted by Crippen LogP contribution is 2.00. The van der Waals surface area contributed by atoms with E-state index in [1.54, 1.807) is 18.7 Å². The van der Waals surface area contributed by atoms with Crippen LogP contribution < -0.4 is 5.32 Å². The first-order chi connectivity index (χ1) is 6.95. The summed E-state index contributed by atoms with van der Waals surface area (Å²) in [5.41, 5.74) is 1.23. The highest BCUT2D eigenvalue weighted by atomic mass is 16.3. The van der Waals surface area contributed by atoms with E-state index in [1.165, 1.54) is 5.56 Å². The van der Waals surface area contributed by atoms with Crippen molar-refractivity contribution in [3.63, 3.8) is 0 Å². The minimum atomic E-state index is 0.759. The van der Waals surface area contributed by atoms with E-state index in [-0.39, 0.29) is 0 Å². The number of aromatic nitrogens is 1. The van der Waals surface area contributed by atoms with Crippen molar-refractivity contribution < 1.29 is 4.42 Å². The molecule has 0 aromatic carbocycles. The molecule has 72 valence electrons. The molecule has 3 heteroatoms. The van der Waals surface area contributed by atoms with Crippen LogP contribution in [0, 0.1) is 0 Å². The number of nitrogens with one attached hydrogen (secondary N) is 1. The zero-order chi connectivity index (χ0) is 9.64. The lowest BCUT2D eigenvalue weighted by molar-refractivity contribution is 0.483. The Bertz CT molecular complexity index is 356. The SMILES string of the molecule is c1coc(CNCc2ccncc2)c1. The Morgan fingerprint density at radius 2 is 2.00 bits per heavy atom. The van der Waals surface area contributed by atoms with Gasteiger partial charge in [-0.1, -0.05) is 0 Å². The molecule has 14 heavy (non-hydrogen) atoms. The molecule has 1 N–H and O–H groups in total. The van der Waals surface area contributed by atoms with Gasteiger partial charge in [-0.15, -0.1) is 0 Å². The van der Waals surface area contributed by atoms with E-state index in [2.05, 4.69) is 10.3 Å². The summed E-state index contributed by atoms with van der Waals surface area (Å²) in [5, 5.41) is 3.28. The summed E-state index contributed by atoms with van der Waals surface area (Å²) in [6.45, 7) is 1.60. The molecule has 0 aliphatic rings. The van der Waals surface area contributed by atoms with Gasteiger partial charge in [-0.25, -0.2) is 0 Å². The van der Waals surface area contributed by atoms with Crippen LogP contribution in [-0.2, 0) is 13.1 Å². The summed E-state index contributed by atoms with van der Waals surface area (Å²) in [6.07, 6.45) is 5.28. The minimum absolute atomic E-state index is 0.759. The van der Waals surface area contributed by atoms with E-state index in [4.69, 9.17) is 4.42 Å². The number of furan rings is 1. The van der Waals surface area contributed by atoms with Crippen LogP contribution in [0.15, 0.2) is 47.3 Å². The van der Waals surface area contributed by atoms with Gasteiger partial charge >= 0.3 is 0 Å². The van der Waals surface area contributed by atoms with E-state index in [1.807, 2.05) is 24.3 Å². The second-order valence-corrected chi connectivity index (χ2v) is 3.04. The van der Waals surface area contributed by atoms with Gasteiger partial charge in [0, 0.05) is 18.9 Å². The zero-order valence-electron chi connectivity index (χ0n) is 7.81. The van der Waals surface area contributed by atoms with Crippen molar-refractivity contribution in [2.75, 3.05) is 0 Å². The first-order valence-electron chi connectivity index (χ1n) is 4.57. The van der Waals surface area contributed by atoms with Crippen LogP contribution in [0.1, 0.15) is 11.3 Å². The van der Waals surface area contributed by atoms with Crippen LogP contribution in [0.5, 0.6) is 0 Å². The van der Waals surface area contributed by atoms with Gasteiger partial charge in [-0.3, -0.25) is 4.98 Å². The molecule has 3 nitrogen and oxygen atoms in total. The number of nitrogens with zero attached hydrogens (tertiary/aromatic N) is 1. The third kappa shape index (κ3) is 2.44. The molecule has 0 radical (unpaired) electrons. The van der Waals surface area contributed by atoms with Crippen molar-refractivity contribution in [3.8, 4) is 0 Å². The van der Waals surface area contributed by atoms with Gasteiger partial charge in [0.1, 0.15) is 5.76 Å². The maximum Gasteiger partial charge on any atom is 0.117 e. The Hall–Kier alpha value is -1.61. The van der Waals surface area contributed by atoms with Crippen LogP contribution in [0.2, 0.25) is 0 Å². The predicted molar refractivity (Wildman–Crippen MR) is 53.5 cm³/mol. The second kappa shape index (κ2) is 4.58. The van der Waals surface area contributed by atoms with Crippen LogP contribution in [-0.4, -0.2) is 4.98 Å². The smallest absolute Gasteiger partial charge is 0.117 e. The molecule has 0 atom stereocenters. The molecule has 0 saturated carbocycles. The first kappa shape index (κ1) is 8.97. The van der Waals surface area contributed by atoms with Gasteiger partial charge in [0.15, 0.2) is 0 Å². The van der Waals surface area contributed by atoms with Crippen LogP contribution >= 0.6 is 0 Å². The summed E-state index contributed by atoms with van der Waals surface area (Å²) >= 11 is 0. The molecule has 2 aromatic heterocycles. The standard InChI is InChI=1S/C11H12N2O/c1-2-11(14-7-1)9-13-8-10-3-5-12-6-4-10/h1-7,13H,8-9H2. The molecule has 0 bridgehead atoms. The Kier molecular flexibility index (Phi) is 2.93. The van der Waals surface area contributed by atoms with Crippen LogP contribution in [0.4, 0.5) is 0 Å². The van der Waals surface area contributed by atoms with Gasteiger partial charge < -0.3 is 9.73 Å². The monoisotopic (exact) mass is 188 g/mol. The molecule has 0 unspecified atom stereocenters. The lowest BCUT2D eigenvalue weighted by Gasteiger charge is -2.01. The van der Waals surface area contributed by atoms with E-state index < -0.39 is 0 Å². The van der Waals surface area contributed by atoms with E-state index in [0.29, 0.717) is 0 Å². The Morgan fingerprint density at radius 1 is 1.14 bits per heavy atom. The summed E-state index contributed by atoms with van der Waals surface area (Å²) in [5.74, 6) is 0.957. The fraction of sp³-hybridized carbons (Fsp3) is 0.182. The third-order valence-corrected chi connectivity index (χ3v) is 1.96. The van der Waals surface area contributed by atoms with Crippen molar-refractivity contribution in [1.29, 1.82) is 0 Å². The molecule has 0 saturated heterocycles. The average Bonchev–Trinajstić information content (AvgIpc) is 2.72. The topological polar surface area (TPSA) is 38.1 Å². The highest BCUT2D eigenvalue weighted by molar-refractivity contribution is 5.09. The molecule has 0 aliphatic carbocycles. The van der Waals surface area contributed by atoms with Crippen LogP contribution in [0.25, 0.3) is 0 Å². The van der Waals surface area contributed by atoms with E-state index in [0.717, 1.165) is 18.8 Å². The average molecular weight is 188 g/mol. The molecule has 2 rings (SSSR count). The lowest BCUT2D eigenvalue weighted by atomic mass is 10.3. The van der Waals surface area contributed by atoms with Gasteiger partial charge in [0.2, 0.25) is 0 Å². The van der Waals surface area contributed by atoms with Crippen molar-refractivity contribution in [3.05, 3.63) is 54.2 Å². The third-order valence-electron chi connectivity index (χ3n) is 1.96. The van der Waals surface area contributed by atoms with Crippen molar-refractivity contribution in [2.24, 2.45) is 0 Å². The number of pyridine rings is 1. The first-order valence-corrected chi connectivity index (χ1v) is 4.57. The summed E-state index contributed by atoms with van der Waals surface area (Å²) < 4.78 is 5.20. The van der Waals surface area contributed by atoms with Gasteiger partial charge in [-0.05, 0) is 29.8 Å². The normalized spacial score (nSPS) is 10.3. The van der Waals surface area contributed by atoms with Gasteiger partial charge in [-0.2, -0.15) is 0 Å². The highest BCUT2D eigenvalue weighted by Gasteiger charge is 1.94. The maximum absolute atomic E-state index is 5.20. The minimum Gasteiger partial charge on any atom is -0.468 e. The molecule has 0 spiro atoms. The molecular formula is C11H12N2O. The molecule has 0 amide bonds. The largest absolute Gasteiger partial charge is 0.468 e. The molecule has 2 aromatic rings. The van der Waals surface area contributed by atoms with Gasteiger partial charge in [0.05, 0.1) is 12.8 Å². The fourth-order valence-corrected chi connectivity index (χ4v) is 1.24. The number of hydrogen-bond acceptors (Lipinski definition) is 3. The second-order valence-electron chi connectivity index (χ2n) is 3.04. The van der Waals surface area contributed by atoms with E-state index in [9.17, 15) is 0 Å². The van der Waals surface area contributed by atoms with E-state index >= 15 is 0 Å². The Labute approximate surface area is 82.8 Å². The maximum atomic E-state index is 5.20. The molecule has 0 aliphatic heterocycles. The van der Waals surface area contributed by atoms with Crippen LogP contribution in [0.3, 0.4) is 0 Å². The number of hydrogen-bond donors (Lipinski definition) is 1. The summed E-state index contributed by atoms with van der Waals surface area (Å²) in [7, 11) is 0. The molecule has 0 fully saturated rings. The fourth-order valence-electron chi connectivity index (χ4n) is 1.24. The van der Waals surface area contributed by atoms with Gasteiger partial charge in [0.25, 0.3) is 0 Å². The summed E-state index contributed by atoms with van der Waals surface area (Å²) in [4.78, 5) is 3.96. The summed E-state index contributed by atoms with van der Waals surface area (Å²) in [6, 6.07) is 7.84. The Balaban J connectivity index is 1.79. The lowest BCUT2D eigenvalue weighted by Crippen LogP contribution is -2.11. The quantitative estimate of drug-likeness (QED) is 0.797. The Morgan fingerprint density at radius 3 is 2.71 bits per heavy atom. The molecule has 2 heterocycles. The zero-order valence-corrected chi connectivity index (χ0v) is 7.81. The predicted octanol–water partition coefficient (Wildman–Crippen LogP) is 1.96. The van der Waals surface area contributed by atoms with Crippen molar-refractivity contribution in [2.45, 2.75) is 13.1 Å². The number of rotatable bonds is 4. The van der Waals surface area contributed by atoms with Crippen molar-refractivity contribution in [1.82, 2.24) is 10.3 Å².